The molecule has 2 aliphatic heterocycles. The molecule has 2 saturated heterocycles. The molecule has 46 heavy (non-hydrogen) atoms. The van der Waals surface area contributed by atoms with Gasteiger partial charge in [-0.1, -0.05) is 100 Å². The highest BCUT2D eigenvalue weighted by molar-refractivity contribution is 7.91. The molecule has 268 valence electrons. The Hall–Kier alpha value is -1.86. The minimum absolute atomic E-state index is 0.250. The fourth-order valence-corrected chi connectivity index (χ4v) is 6.55. The van der Waals surface area contributed by atoms with Gasteiger partial charge >= 0.3 is 0 Å². The maximum absolute atomic E-state index is 11.2. The zero-order valence-corrected chi connectivity index (χ0v) is 31.1. The summed E-state index contributed by atoms with van der Waals surface area (Å²) in [4.78, 5) is 4.38. The fraction of sp³-hybridized carbons (Fsp3) is 0.657. The number of nitrogens with zero attached hydrogens (tertiary/aromatic N) is 2. The lowest BCUT2D eigenvalue weighted by Crippen LogP contribution is -2.39. The predicted molar refractivity (Wildman–Crippen MR) is 194 cm³/mol. The van der Waals surface area contributed by atoms with Crippen LogP contribution in [0, 0.1) is 0 Å². The van der Waals surface area contributed by atoms with E-state index in [4.69, 9.17) is 10.2 Å². The molecule has 2 N–H and O–H groups in total. The van der Waals surface area contributed by atoms with Crippen LogP contribution in [0.1, 0.15) is 71.4 Å². The first-order chi connectivity index (χ1) is 22.0. The normalized spacial score (nSPS) is 16.5. The van der Waals surface area contributed by atoms with Gasteiger partial charge in [-0.15, -0.1) is 0 Å². The smallest absolute Gasteiger partial charge is 0.152 e. The number of aliphatic hydroxyl groups excluding tert-OH is 2. The van der Waals surface area contributed by atoms with Gasteiger partial charge in [-0.2, -0.15) is 0 Å². The van der Waals surface area contributed by atoms with E-state index in [1.165, 1.54) is 36.8 Å². The molecule has 2 aromatic rings. The molecule has 11 heteroatoms. The summed E-state index contributed by atoms with van der Waals surface area (Å²) in [5.41, 5.74) is 2.49. The molecule has 9 nitrogen and oxygen atoms in total. The predicted octanol–water partition coefficient (Wildman–Crippen LogP) is 5.07. The summed E-state index contributed by atoms with van der Waals surface area (Å²) < 4.78 is 49.4. The Labute approximate surface area is 281 Å². The lowest BCUT2D eigenvalue weighted by atomic mass is 10.2. The van der Waals surface area contributed by atoms with Crippen molar-refractivity contribution < 1.29 is 31.8 Å². The van der Waals surface area contributed by atoms with Crippen molar-refractivity contribution in [2.75, 3.05) is 76.1 Å². The number of ether oxygens (including phenoxy) is 1. The largest absolute Gasteiger partial charge is 0.397 e. The highest BCUT2D eigenvalue weighted by Gasteiger charge is 2.22. The van der Waals surface area contributed by atoms with Gasteiger partial charge in [0.2, 0.25) is 0 Å². The maximum Gasteiger partial charge on any atom is 0.152 e. The second-order valence-corrected chi connectivity index (χ2v) is 15.4. The summed E-state index contributed by atoms with van der Waals surface area (Å²) in [6, 6.07) is 20.3. The summed E-state index contributed by atoms with van der Waals surface area (Å²) in [5.74, 6) is 1.22. The van der Waals surface area contributed by atoms with E-state index >= 15 is 0 Å². The minimum atomic E-state index is -2.75. The van der Waals surface area contributed by atoms with Crippen LogP contribution < -0.4 is 0 Å². The molecular weight excluding hydrogens is 625 g/mol. The third-order valence-electron chi connectivity index (χ3n) is 6.62. The van der Waals surface area contributed by atoms with Crippen molar-refractivity contribution in [1.82, 2.24) is 9.80 Å². The molecule has 4 rings (SSSR count). The van der Waals surface area contributed by atoms with Crippen LogP contribution in [0.4, 0.5) is 0 Å². The third kappa shape index (κ3) is 28.4. The van der Waals surface area contributed by atoms with E-state index in [1.54, 1.807) is 21.0 Å². The molecule has 2 aromatic carbocycles. The molecule has 0 amide bonds. The van der Waals surface area contributed by atoms with Gasteiger partial charge in [0.15, 0.2) is 19.7 Å². The molecule has 2 aliphatic rings. The van der Waals surface area contributed by atoms with Gasteiger partial charge in [0.05, 0.1) is 23.0 Å². The van der Waals surface area contributed by atoms with Crippen LogP contribution in [0.3, 0.4) is 0 Å². The summed E-state index contributed by atoms with van der Waals surface area (Å²) in [5, 5.41) is 15.1. The van der Waals surface area contributed by atoms with Crippen LogP contribution in [0.2, 0.25) is 0 Å². The van der Waals surface area contributed by atoms with Gasteiger partial charge in [0.1, 0.15) is 0 Å². The molecule has 0 atom stereocenters. The van der Waals surface area contributed by atoms with E-state index < -0.39 is 19.7 Å². The summed E-state index contributed by atoms with van der Waals surface area (Å²) in [7, 11) is -3.82. The van der Waals surface area contributed by atoms with Gasteiger partial charge in [-0.25, -0.2) is 16.8 Å². The molecule has 0 aromatic heterocycles. The van der Waals surface area contributed by atoms with Crippen molar-refractivity contribution in [1.29, 1.82) is 0 Å². The van der Waals surface area contributed by atoms with Gasteiger partial charge in [-0.3, -0.25) is 9.80 Å². The fourth-order valence-electron chi connectivity index (χ4n) is 4.00. The van der Waals surface area contributed by atoms with E-state index in [1.807, 2.05) is 43.3 Å². The number of rotatable bonds is 8. The molecular formula is C35H64N2O7S2. The number of aliphatic hydroxyl groups is 2. The molecule has 0 radical (unpaired) electrons. The first-order valence-electron chi connectivity index (χ1n) is 16.6. The first-order valence-corrected chi connectivity index (χ1v) is 20.3. The first kappa shape index (κ1) is 46.3. The molecule has 0 unspecified atom stereocenters. The quantitative estimate of drug-likeness (QED) is 0.366. The van der Waals surface area contributed by atoms with E-state index in [-0.39, 0.29) is 13.2 Å². The molecule has 0 bridgehead atoms. The highest BCUT2D eigenvalue weighted by Crippen LogP contribution is 2.10. The van der Waals surface area contributed by atoms with Crippen LogP contribution in [-0.4, -0.2) is 113 Å². The van der Waals surface area contributed by atoms with Gasteiger partial charge in [0, 0.05) is 66.2 Å². The average molecular weight is 689 g/mol. The Bertz CT molecular complexity index is 1010. The Morgan fingerprint density at radius 2 is 0.848 bits per heavy atom. The Kier molecular flexibility index (Phi) is 30.6. The van der Waals surface area contributed by atoms with Gasteiger partial charge < -0.3 is 14.9 Å². The summed E-state index contributed by atoms with van der Waals surface area (Å²) in [6.45, 7) is 15.5. The molecule has 2 heterocycles. The molecule has 0 spiro atoms. The lowest BCUT2D eigenvalue weighted by molar-refractivity contribution is 0.215. The monoisotopic (exact) mass is 688 g/mol. The number of sulfone groups is 2. The van der Waals surface area contributed by atoms with Crippen LogP contribution >= 0.6 is 0 Å². The maximum atomic E-state index is 11.2. The Morgan fingerprint density at radius 1 is 0.587 bits per heavy atom. The zero-order chi connectivity index (χ0) is 35.1. The van der Waals surface area contributed by atoms with Crippen LogP contribution in [0.15, 0.2) is 60.7 Å². The zero-order valence-electron chi connectivity index (χ0n) is 29.4. The number of hydrogen-bond donors (Lipinski definition) is 2. The van der Waals surface area contributed by atoms with Crippen molar-refractivity contribution in [2.45, 2.75) is 73.4 Å². The number of hydrogen-bond acceptors (Lipinski definition) is 9. The van der Waals surface area contributed by atoms with Crippen molar-refractivity contribution in [2.24, 2.45) is 0 Å². The highest BCUT2D eigenvalue weighted by atomic mass is 32.2. The number of methoxy groups -OCH3 is 1. The lowest BCUT2D eigenvalue weighted by Gasteiger charge is -2.26. The van der Waals surface area contributed by atoms with Crippen molar-refractivity contribution in [3.63, 3.8) is 0 Å². The number of benzene rings is 2. The Balaban J connectivity index is 0. The van der Waals surface area contributed by atoms with E-state index in [0.717, 1.165) is 19.7 Å². The van der Waals surface area contributed by atoms with Crippen LogP contribution in [-0.2, 0) is 37.5 Å². The van der Waals surface area contributed by atoms with Gasteiger partial charge in [-0.05, 0) is 31.9 Å². The van der Waals surface area contributed by atoms with Gasteiger partial charge in [0.25, 0.3) is 0 Å². The number of unbranched alkanes of at least 4 members (excludes halogenated alkanes) is 3. The third-order valence-corrected chi connectivity index (χ3v) is 9.84. The van der Waals surface area contributed by atoms with Crippen LogP contribution in [0.25, 0.3) is 0 Å². The molecule has 0 aliphatic carbocycles. The second-order valence-electron chi connectivity index (χ2n) is 10.7. The standard InChI is InChI=1S/2C11H15NO2S.C6H14.C3H8O.2C2H6O/c2*13-15(14)8-6-12(7-9-15)10-11-4-2-1-3-5-11;1-3-5-6-4-2;1-3-4-2;2*1-2-3/h2*1-5H,6-10H2;3-6H2,1-2H3;3H2,1-2H3;2*3H,2H2,1H3. The topological polar surface area (TPSA) is 124 Å². The SMILES string of the molecule is CCCCCC.CCO.CCO.CCOC.O=S1(=O)CCN(Cc2ccccc2)CC1.O=S1(=O)CCN(Cc2ccccc2)CC1. The molecule has 0 saturated carbocycles. The van der Waals surface area contributed by atoms with Crippen molar-refractivity contribution >= 4 is 19.7 Å². The van der Waals surface area contributed by atoms with Crippen molar-refractivity contribution in [3.8, 4) is 0 Å². The average Bonchev–Trinajstić information content (AvgIpc) is 3.05. The second kappa shape index (κ2) is 30.5. The minimum Gasteiger partial charge on any atom is -0.397 e. The summed E-state index contributed by atoms with van der Waals surface area (Å²) >= 11 is 0. The summed E-state index contributed by atoms with van der Waals surface area (Å²) in [6.07, 6.45) is 5.54. The van der Waals surface area contributed by atoms with E-state index in [9.17, 15) is 16.8 Å². The van der Waals surface area contributed by atoms with E-state index in [2.05, 4.69) is 52.6 Å². The van der Waals surface area contributed by atoms with E-state index in [0.29, 0.717) is 49.2 Å². The van der Waals surface area contributed by atoms with Crippen molar-refractivity contribution in [3.05, 3.63) is 71.8 Å². The molecule has 2 fully saturated rings. The van der Waals surface area contributed by atoms with Crippen LogP contribution in [0.5, 0.6) is 0 Å². The Morgan fingerprint density at radius 3 is 1.07 bits per heavy atom.